The summed E-state index contributed by atoms with van der Waals surface area (Å²) in [6.45, 7) is 8.81. The Hall–Kier alpha value is -6.02. The van der Waals surface area contributed by atoms with Crippen molar-refractivity contribution in [3.05, 3.63) is 203 Å². The highest BCUT2D eigenvalue weighted by Gasteiger charge is 2.13. The van der Waals surface area contributed by atoms with Crippen molar-refractivity contribution in [2.75, 3.05) is 39.3 Å². The van der Waals surface area contributed by atoms with Gasteiger partial charge >= 0.3 is 0 Å². The zero-order valence-corrected chi connectivity index (χ0v) is 35.0. The van der Waals surface area contributed by atoms with E-state index in [1.54, 1.807) is 0 Å². The van der Waals surface area contributed by atoms with E-state index in [1.165, 1.54) is 38.9 Å². The summed E-state index contributed by atoms with van der Waals surface area (Å²) < 4.78 is 13.1. The van der Waals surface area contributed by atoms with Gasteiger partial charge in [0.2, 0.25) is 0 Å². The molecule has 0 amide bonds. The molecule has 61 heavy (non-hydrogen) atoms. The van der Waals surface area contributed by atoms with Crippen molar-refractivity contribution >= 4 is 0 Å². The van der Waals surface area contributed by atoms with Gasteiger partial charge in [0.05, 0.1) is 0 Å². The van der Waals surface area contributed by atoms with Gasteiger partial charge in [0.15, 0.2) is 0 Å². The number of benzene rings is 7. The first-order valence-electron chi connectivity index (χ1n) is 22.0. The second-order valence-corrected chi connectivity index (χ2v) is 16.3. The van der Waals surface area contributed by atoms with E-state index >= 15 is 0 Å². The lowest BCUT2D eigenvalue weighted by atomic mass is 9.91. The minimum atomic E-state index is 0.488. The molecule has 0 fully saturated rings. The smallest absolute Gasteiger partial charge is 0.124 e. The van der Waals surface area contributed by atoms with E-state index in [0.717, 1.165) is 117 Å². The summed E-state index contributed by atoms with van der Waals surface area (Å²) in [4.78, 5) is 2.56. The highest BCUT2D eigenvalue weighted by molar-refractivity contribution is 5.81. The van der Waals surface area contributed by atoms with E-state index in [1.807, 2.05) is 0 Å². The van der Waals surface area contributed by atoms with Gasteiger partial charge in [-0.2, -0.15) is 0 Å². The molecule has 10 bridgehead atoms. The normalized spacial score (nSPS) is 15.7. The Balaban J connectivity index is 1.14. The molecular formula is C55H56N4O2. The summed E-state index contributed by atoms with van der Waals surface area (Å²) in [5, 5.41) is 11.3. The first-order chi connectivity index (χ1) is 30.2. The van der Waals surface area contributed by atoms with Crippen molar-refractivity contribution in [3.8, 4) is 44.9 Å². The minimum Gasteiger partial charge on any atom is -0.489 e. The molecule has 3 aliphatic heterocycles. The zero-order valence-electron chi connectivity index (χ0n) is 35.0. The van der Waals surface area contributed by atoms with Crippen LogP contribution in [0.15, 0.2) is 164 Å². The molecule has 0 aliphatic carbocycles. The maximum absolute atomic E-state index is 6.56. The summed E-state index contributed by atoms with van der Waals surface area (Å²) in [6, 6.07) is 59.6. The van der Waals surface area contributed by atoms with E-state index in [-0.39, 0.29) is 0 Å². The molecular weight excluding hydrogens is 749 g/mol. The van der Waals surface area contributed by atoms with Crippen molar-refractivity contribution in [2.45, 2.75) is 45.7 Å². The second kappa shape index (κ2) is 20.0. The fraction of sp³-hybridized carbons (Fsp3) is 0.236. The second-order valence-electron chi connectivity index (χ2n) is 16.3. The van der Waals surface area contributed by atoms with Crippen molar-refractivity contribution in [1.29, 1.82) is 0 Å². The molecule has 0 saturated carbocycles. The van der Waals surface area contributed by atoms with Crippen LogP contribution in [0.25, 0.3) is 33.4 Å². The van der Waals surface area contributed by atoms with Gasteiger partial charge in [-0.15, -0.1) is 0 Å². The van der Waals surface area contributed by atoms with Gasteiger partial charge in [0.1, 0.15) is 24.7 Å². The molecule has 10 rings (SSSR count). The van der Waals surface area contributed by atoms with Gasteiger partial charge in [-0.1, -0.05) is 121 Å². The number of nitrogens with zero attached hydrogens (tertiary/aromatic N) is 1. The lowest BCUT2D eigenvalue weighted by molar-refractivity contribution is 0.269. The van der Waals surface area contributed by atoms with Crippen LogP contribution in [-0.4, -0.2) is 44.2 Å². The number of hydrogen-bond donors (Lipinski definition) is 3. The Morgan fingerprint density at radius 2 is 0.754 bits per heavy atom. The third-order valence-corrected chi connectivity index (χ3v) is 12.0. The van der Waals surface area contributed by atoms with Crippen molar-refractivity contribution < 1.29 is 9.47 Å². The van der Waals surface area contributed by atoms with Crippen LogP contribution in [0.3, 0.4) is 0 Å². The zero-order chi connectivity index (χ0) is 41.1. The topological polar surface area (TPSA) is 57.8 Å². The summed E-state index contributed by atoms with van der Waals surface area (Å²) in [6.07, 6.45) is 1.97. The first kappa shape index (κ1) is 40.4. The average molecular weight is 805 g/mol. The van der Waals surface area contributed by atoms with E-state index in [4.69, 9.17) is 9.47 Å². The maximum atomic E-state index is 6.56. The van der Waals surface area contributed by atoms with Gasteiger partial charge in [0, 0.05) is 70.0 Å². The number of nitrogens with one attached hydrogen (secondary N) is 3. The van der Waals surface area contributed by atoms with E-state index in [2.05, 4.69) is 185 Å². The average Bonchev–Trinajstić information content (AvgIpc) is 3.31. The van der Waals surface area contributed by atoms with Crippen LogP contribution in [0.2, 0.25) is 0 Å². The van der Waals surface area contributed by atoms with Crippen LogP contribution in [0, 0.1) is 0 Å². The third kappa shape index (κ3) is 10.7. The number of hydrogen-bond acceptors (Lipinski definition) is 6. The molecule has 0 aromatic heterocycles. The van der Waals surface area contributed by atoms with E-state index in [0.29, 0.717) is 13.2 Å². The van der Waals surface area contributed by atoms with E-state index in [9.17, 15) is 0 Å². The van der Waals surface area contributed by atoms with Crippen molar-refractivity contribution in [2.24, 2.45) is 0 Å². The van der Waals surface area contributed by atoms with Crippen LogP contribution < -0.4 is 25.4 Å². The Morgan fingerprint density at radius 3 is 1.26 bits per heavy atom. The molecule has 308 valence electrons. The molecule has 3 heterocycles. The van der Waals surface area contributed by atoms with Gasteiger partial charge in [-0.25, -0.2) is 0 Å². The molecule has 0 spiro atoms. The minimum absolute atomic E-state index is 0.488. The summed E-state index contributed by atoms with van der Waals surface area (Å²) in [5.41, 5.74) is 15.8. The van der Waals surface area contributed by atoms with Gasteiger partial charge in [-0.05, 0) is 117 Å². The number of fused-ring (bicyclic) bond motifs is 12. The molecule has 3 aliphatic rings. The lowest BCUT2D eigenvalue weighted by Gasteiger charge is -2.23. The monoisotopic (exact) mass is 804 g/mol. The van der Waals surface area contributed by atoms with Crippen molar-refractivity contribution in [1.82, 2.24) is 20.9 Å². The van der Waals surface area contributed by atoms with Crippen LogP contribution in [0.4, 0.5) is 0 Å². The molecule has 7 aromatic rings. The lowest BCUT2D eigenvalue weighted by Crippen LogP contribution is -2.40. The number of ether oxygens (including phenoxy) is 2. The molecule has 3 N–H and O–H groups in total. The summed E-state index contributed by atoms with van der Waals surface area (Å²) in [7, 11) is 0. The number of aryl methyl sites for hydroxylation is 2. The van der Waals surface area contributed by atoms with Crippen LogP contribution in [0.1, 0.15) is 38.9 Å². The van der Waals surface area contributed by atoms with Crippen molar-refractivity contribution in [3.63, 3.8) is 0 Å². The van der Waals surface area contributed by atoms with Gasteiger partial charge < -0.3 is 25.4 Å². The molecule has 0 unspecified atom stereocenters. The number of rotatable bonds is 0. The molecule has 0 radical (unpaired) electrons. The molecule has 6 heteroatoms. The first-order valence-corrected chi connectivity index (χ1v) is 22.0. The fourth-order valence-corrected chi connectivity index (χ4v) is 8.59. The molecule has 7 aromatic carbocycles. The summed E-state index contributed by atoms with van der Waals surface area (Å²) in [5.74, 6) is 1.84. The Labute approximate surface area is 361 Å². The van der Waals surface area contributed by atoms with E-state index < -0.39 is 0 Å². The molecule has 0 atom stereocenters. The predicted molar refractivity (Wildman–Crippen MR) is 250 cm³/mol. The number of para-hydroxylation sites is 2. The Morgan fingerprint density at radius 1 is 0.344 bits per heavy atom. The highest BCUT2D eigenvalue weighted by atomic mass is 16.5. The van der Waals surface area contributed by atoms with Crippen LogP contribution in [-0.2, 0) is 45.7 Å². The van der Waals surface area contributed by atoms with Crippen LogP contribution in [0.5, 0.6) is 11.5 Å². The third-order valence-electron chi connectivity index (χ3n) is 12.0. The van der Waals surface area contributed by atoms with Gasteiger partial charge in [0.25, 0.3) is 0 Å². The van der Waals surface area contributed by atoms with Crippen LogP contribution >= 0.6 is 0 Å². The molecule has 6 nitrogen and oxygen atoms in total. The Bertz CT molecular complexity index is 2260. The van der Waals surface area contributed by atoms with Gasteiger partial charge in [-0.3, -0.25) is 4.90 Å². The standard InChI is InChI=1S/C55H56N4O2/c1-2-14-48-36-56-24-27-59-28-25-57-37-49-15-3-5-20-54(49)60-39-42-11-8-18-46(31-42)52-33-51(45-17-7-10-41(30-45)22-23-44(48)13-1)34-53(35-52)47-19-9-12-43(32-47)40-61-55-21-6-4-16-50(55)38-58-26-29-59/h1-21,30-35,56-58H,22-29,36-40H2. The highest BCUT2D eigenvalue weighted by Crippen LogP contribution is 2.35. The molecule has 0 saturated heterocycles. The summed E-state index contributed by atoms with van der Waals surface area (Å²) >= 11 is 0. The SMILES string of the molecule is c1cc2cc(c1)-c1cc3cc(c1)-c1cccc(c1)COc1ccccc1CNCCN(CCNCc1ccccc1CC2)CCNCc1ccccc1OCc1cccc-3c1. The predicted octanol–water partition coefficient (Wildman–Crippen LogP) is 10.2. The Kier molecular flexibility index (Phi) is 13.3. The fourth-order valence-electron chi connectivity index (χ4n) is 8.59. The maximum Gasteiger partial charge on any atom is 0.124 e. The quantitative estimate of drug-likeness (QED) is 0.142. The largest absolute Gasteiger partial charge is 0.489 e.